The molecular formula is C24H30O4. The summed E-state index contributed by atoms with van der Waals surface area (Å²) in [6.07, 6.45) is 3.23. The fraction of sp³-hybridized carbons (Fsp3) is 0.375. The molecule has 4 heteroatoms. The number of ether oxygens (including phenoxy) is 1. The van der Waals surface area contributed by atoms with Gasteiger partial charge in [0.1, 0.15) is 0 Å². The molecule has 0 atom stereocenters. The smallest absolute Gasteiger partial charge is 0.330 e. The molecule has 0 amide bonds. The zero-order chi connectivity index (χ0) is 20.5. The molecular weight excluding hydrogens is 352 g/mol. The molecule has 0 saturated heterocycles. The van der Waals surface area contributed by atoms with E-state index in [1.807, 2.05) is 0 Å². The number of hydrogen-bond acceptors (Lipinski definition) is 4. The van der Waals surface area contributed by atoms with Gasteiger partial charge < -0.3 is 14.9 Å². The van der Waals surface area contributed by atoms with Crippen molar-refractivity contribution in [2.24, 2.45) is 5.92 Å². The average molecular weight is 383 g/mol. The first-order valence-electron chi connectivity index (χ1n) is 9.68. The Bertz CT molecular complexity index is 806. The summed E-state index contributed by atoms with van der Waals surface area (Å²) in [7, 11) is 0. The van der Waals surface area contributed by atoms with Crippen molar-refractivity contribution in [1.82, 2.24) is 0 Å². The Morgan fingerprint density at radius 3 is 2.46 bits per heavy atom. The van der Waals surface area contributed by atoms with Gasteiger partial charge in [-0.2, -0.15) is 0 Å². The van der Waals surface area contributed by atoms with Crippen LogP contribution in [0.4, 0.5) is 0 Å². The van der Waals surface area contributed by atoms with Crippen molar-refractivity contribution in [2.75, 3.05) is 19.8 Å². The van der Waals surface area contributed by atoms with Crippen LogP contribution in [-0.2, 0) is 22.4 Å². The third kappa shape index (κ3) is 6.04. The van der Waals surface area contributed by atoms with Crippen LogP contribution in [0.5, 0.6) is 0 Å². The molecule has 28 heavy (non-hydrogen) atoms. The molecule has 0 spiro atoms. The lowest BCUT2D eigenvalue weighted by molar-refractivity contribution is -0.137. The van der Waals surface area contributed by atoms with E-state index in [1.54, 1.807) is 0 Å². The van der Waals surface area contributed by atoms with Crippen molar-refractivity contribution in [2.45, 2.75) is 33.1 Å². The molecule has 0 aromatic heterocycles. The van der Waals surface area contributed by atoms with Crippen LogP contribution in [0.3, 0.4) is 0 Å². The Hall–Kier alpha value is -2.43. The van der Waals surface area contributed by atoms with Gasteiger partial charge in [-0.05, 0) is 54.5 Å². The van der Waals surface area contributed by atoms with E-state index in [9.17, 15) is 15.0 Å². The fourth-order valence-corrected chi connectivity index (χ4v) is 3.33. The highest BCUT2D eigenvalue weighted by Crippen LogP contribution is 2.27. The fourth-order valence-electron chi connectivity index (χ4n) is 3.33. The second-order valence-electron chi connectivity index (χ2n) is 7.19. The lowest BCUT2D eigenvalue weighted by Crippen LogP contribution is -2.13. The molecule has 0 fully saturated rings. The van der Waals surface area contributed by atoms with Gasteiger partial charge >= 0.3 is 5.97 Å². The van der Waals surface area contributed by atoms with Gasteiger partial charge in [0, 0.05) is 31.6 Å². The van der Waals surface area contributed by atoms with Crippen LogP contribution >= 0.6 is 0 Å². The monoisotopic (exact) mass is 382 g/mol. The minimum absolute atomic E-state index is 0.0244. The van der Waals surface area contributed by atoms with E-state index in [4.69, 9.17) is 4.74 Å². The van der Waals surface area contributed by atoms with Gasteiger partial charge in [0.05, 0.1) is 6.61 Å². The largest absolute Gasteiger partial charge is 0.462 e. The Kier molecular flexibility index (Phi) is 8.42. The highest BCUT2D eigenvalue weighted by molar-refractivity contribution is 5.81. The molecule has 0 heterocycles. The Labute approximate surface area is 167 Å². The normalized spacial score (nSPS) is 10.9. The Morgan fingerprint density at radius 1 is 1.07 bits per heavy atom. The zero-order valence-corrected chi connectivity index (χ0v) is 16.8. The van der Waals surface area contributed by atoms with Gasteiger partial charge in [0.25, 0.3) is 0 Å². The average Bonchev–Trinajstić information content (AvgIpc) is 2.69. The van der Waals surface area contributed by atoms with E-state index in [0.29, 0.717) is 12.8 Å². The molecule has 0 aliphatic carbocycles. The van der Waals surface area contributed by atoms with E-state index in [-0.39, 0.29) is 25.7 Å². The second-order valence-corrected chi connectivity index (χ2v) is 7.19. The van der Waals surface area contributed by atoms with E-state index < -0.39 is 5.97 Å². The first-order chi connectivity index (χ1) is 13.5. The number of carbonyl (C=O) groups excluding carboxylic acids is 1. The van der Waals surface area contributed by atoms with Crippen molar-refractivity contribution < 1.29 is 19.7 Å². The molecule has 2 rings (SSSR count). The van der Waals surface area contributed by atoms with Crippen molar-refractivity contribution in [3.63, 3.8) is 0 Å². The zero-order valence-electron chi connectivity index (χ0n) is 16.8. The number of esters is 1. The SMILES string of the molecule is C=CC(=O)OCCc1cc(-c2ccc(C)cc2C)ccc1CCC(CO)CO. The number of carbonyl (C=O) groups is 1. The minimum Gasteiger partial charge on any atom is -0.462 e. The summed E-state index contributed by atoms with van der Waals surface area (Å²) in [4.78, 5) is 11.3. The third-order valence-corrected chi connectivity index (χ3v) is 5.02. The number of rotatable bonds is 10. The molecule has 2 aromatic rings. The molecule has 2 N–H and O–H groups in total. The first kappa shape index (κ1) is 21.9. The third-order valence-electron chi connectivity index (χ3n) is 5.02. The van der Waals surface area contributed by atoms with Crippen LogP contribution < -0.4 is 0 Å². The van der Waals surface area contributed by atoms with Crippen molar-refractivity contribution in [1.29, 1.82) is 0 Å². The van der Waals surface area contributed by atoms with E-state index >= 15 is 0 Å². The number of aliphatic hydroxyl groups excluding tert-OH is 2. The molecule has 0 bridgehead atoms. The second kappa shape index (κ2) is 10.8. The number of aliphatic hydroxyl groups is 2. The van der Waals surface area contributed by atoms with Crippen LogP contribution in [0.15, 0.2) is 49.1 Å². The quantitative estimate of drug-likeness (QED) is 0.485. The topological polar surface area (TPSA) is 66.8 Å². The number of hydrogen-bond donors (Lipinski definition) is 2. The van der Waals surface area contributed by atoms with Gasteiger partial charge in [-0.1, -0.05) is 48.5 Å². The maximum absolute atomic E-state index is 11.3. The van der Waals surface area contributed by atoms with Crippen LogP contribution in [0.25, 0.3) is 11.1 Å². The molecule has 0 radical (unpaired) electrons. The molecule has 0 aliphatic heterocycles. The van der Waals surface area contributed by atoms with Gasteiger partial charge in [-0.3, -0.25) is 0 Å². The van der Waals surface area contributed by atoms with Crippen molar-refractivity contribution in [3.8, 4) is 11.1 Å². The number of benzene rings is 2. The van der Waals surface area contributed by atoms with Crippen LogP contribution in [-0.4, -0.2) is 36.0 Å². The Morgan fingerprint density at radius 2 is 1.82 bits per heavy atom. The van der Waals surface area contributed by atoms with Crippen molar-refractivity contribution in [3.05, 3.63) is 71.3 Å². The Balaban J connectivity index is 2.27. The maximum Gasteiger partial charge on any atom is 0.330 e. The summed E-state index contributed by atoms with van der Waals surface area (Å²) in [5, 5.41) is 18.6. The summed E-state index contributed by atoms with van der Waals surface area (Å²) in [5.74, 6) is -0.543. The van der Waals surface area contributed by atoms with E-state index in [2.05, 4.69) is 56.8 Å². The van der Waals surface area contributed by atoms with Gasteiger partial charge in [0.15, 0.2) is 0 Å². The van der Waals surface area contributed by atoms with Gasteiger partial charge in [-0.25, -0.2) is 4.79 Å². The lowest BCUT2D eigenvalue weighted by atomic mass is 9.91. The summed E-state index contributed by atoms with van der Waals surface area (Å²) >= 11 is 0. The van der Waals surface area contributed by atoms with E-state index in [0.717, 1.165) is 23.1 Å². The first-order valence-corrected chi connectivity index (χ1v) is 9.68. The van der Waals surface area contributed by atoms with Crippen LogP contribution in [0.2, 0.25) is 0 Å². The molecule has 0 unspecified atom stereocenters. The summed E-state index contributed by atoms with van der Waals surface area (Å²) in [6, 6.07) is 12.8. The highest BCUT2D eigenvalue weighted by atomic mass is 16.5. The summed E-state index contributed by atoms with van der Waals surface area (Å²) in [6.45, 7) is 7.85. The lowest BCUT2D eigenvalue weighted by Gasteiger charge is -2.16. The van der Waals surface area contributed by atoms with Gasteiger partial charge in [0.2, 0.25) is 0 Å². The highest BCUT2D eigenvalue weighted by Gasteiger charge is 2.11. The summed E-state index contributed by atoms with van der Waals surface area (Å²) in [5.41, 5.74) is 7.03. The standard InChI is InChI=1S/C24H30O4/c1-4-24(27)28-12-11-21-14-22(23-10-5-17(2)13-18(23)3)9-8-20(21)7-6-19(15-25)16-26/h4-5,8-10,13-14,19,25-26H,1,6-7,11-12,15-16H2,2-3H3. The maximum atomic E-state index is 11.3. The summed E-state index contributed by atoms with van der Waals surface area (Å²) < 4.78 is 5.17. The molecule has 150 valence electrons. The van der Waals surface area contributed by atoms with Gasteiger partial charge in [-0.15, -0.1) is 0 Å². The molecule has 4 nitrogen and oxygen atoms in total. The molecule has 0 aliphatic rings. The van der Waals surface area contributed by atoms with Crippen LogP contribution in [0.1, 0.15) is 28.7 Å². The minimum atomic E-state index is -0.423. The van der Waals surface area contributed by atoms with Crippen molar-refractivity contribution >= 4 is 5.97 Å². The predicted molar refractivity (Wildman–Crippen MR) is 112 cm³/mol. The van der Waals surface area contributed by atoms with E-state index in [1.165, 1.54) is 22.8 Å². The number of aryl methyl sites for hydroxylation is 3. The molecule has 2 aromatic carbocycles. The van der Waals surface area contributed by atoms with Crippen LogP contribution in [0, 0.1) is 19.8 Å². The predicted octanol–water partition coefficient (Wildman–Crippen LogP) is 3.78. The molecule has 0 saturated carbocycles.